The molecule has 0 radical (unpaired) electrons. The molecule has 3 rings (SSSR count). The van der Waals surface area contributed by atoms with Crippen molar-refractivity contribution in [1.29, 1.82) is 0 Å². The maximum atomic E-state index is 12.8. The Morgan fingerprint density at radius 2 is 1.92 bits per heavy atom. The molecule has 2 heterocycles. The number of nitrogens with two attached hydrogens (primary N) is 1. The van der Waals surface area contributed by atoms with Crippen molar-refractivity contribution in [2.75, 3.05) is 19.6 Å². The second-order valence-corrected chi connectivity index (χ2v) is 6.12. The van der Waals surface area contributed by atoms with Crippen molar-refractivity contribution in [1.82, 2.24) is 9.47 Å². The zero-order valence-electron chi connectivity index (χ0n) is 13.9. The van der Waals surface area contributed by atoms with Gasteiger partial charge in [-0.1, -0.05) is 30.3 Å². The summed E-state index contributed by atoms with van der Waals surface area (Å²) in [6, 6.07) is 12.9. The molecule has 8 heteroatoms. The van der Waals surface area contributed by atoms with Gasteiger partial charge in [0.2, 0.25) is 0 Å². The highest BCUT2D eigenvalue weighted by molar-refractivity contribution is 5.93. The lowest BCUT2D eigenvalue weighted by Gasteiger charge is -2.16. The molecular weight excluding hydrogens is 344 g/mol. The van der Waals surface area contributed by atoms with Gasteiger partial charge in [-0.05, 0) is 29.0 Å². The number of halogens is 1. The number of rotatable bonds is 4. The number of nitrogens with zero attached hydrogens (tertiary/aromatic N) is 3. The predicted octanol–water partition coefficient (Wildman–Crippen LogP) is 2.17. The minimum atomic E-state index is -0.490. The largest absolute Gasteiger partial charge is 0.358 e. The number of carbonyl (C=O) groups is 1. The molecular formula is C17H21ClN4O3. The maximum absolute atomic E-state index is 12.8. The molecule has 1 fully saturated rings. The Morgan fingerprint density at radius 1 is 1.24 bits per heavy atom. The summed E-state index contributed by atoms with van der Waals surface area (Å²) in [6.07, 6.45) is 0. The SMILES string of the molecule is Cl.Cn1c(C(=O)N2C[C@@H](CN)[C@H](c3ccccc3)C2)ccc1[N+](=O)[O-]. The summed E-state index contributed by atoms with van der Waals surface area (Å²) in [4.78, 5) is 25.0. The predicted molar refractivity (Wildman–Crippen MR) is 96.9 cm³/mol. The molecule has 1 aliphatic heterocycles. The van der Waals surface area contributed by atoms with Gasteiger partial charge in [0.05, 0.1) is 7.05 Å². The van der Waals surface area contributed by atoms with Crippen molar-refractivity contribution in [3.8, 4) is 0 Å². The zero-order chi connectivity index (χ0) is 17.3. The van der Waals surface area contributed by atoms with Gasteiger partial charge >= 0.3 is 5.82 Å². The number of carbonyl (C=O) groups excluding carboxylic acids is 1. The van der Waals surface area contributed by atoms with Crippen LogP contribution >= 0.6 is 12.4 Å². The highest BCUT2D eigenvalue weighted by Crippen LogP contribution is 2.33. The van der Waals surface area contributed by atoms with E-state index in [1.807, 2.05) is 18.2 Å². The first kappa shape index (κ1) is 19.0. The van der Waals surface area contributed by atoms with E-state index >= 15 is 0 Å². The molecule has 0 spiro atoms. The van der Waals surface area contributed by atoms with Gasteiger partial charge in [0.15, 0.2) is 5.69 Å². The highest BCUT2D eigenvalue weighted by Gasteiger charge is 2.37. The quantitative estimate of drug-likeness (QED) is 0.664. The van der Waals surface area contributed by atoms with Crippen LogP contribution in [0.25, 0.3) is 0 Å². The van der Waals surface area contributed by atoms with E-state index in [-0.39, 0.29) is 36.0 Å². The fourth-order valence-corrected chi connectivity index (χ4v) is 3.41. The molecule has 134 valence electrons. The topological polar surface area (TPSA) is 94.4 Å². The molecule has 1 aliphatic rings. The molecule has 2 aromatic rings. The third-order valence-electron chi connectivity index (χ3n) is 4.76. The van der Waals surface area contributed by atoms with E-state index in [0.29, 0.717) is 25.3 Å². The lowest BCUT2D eigenvalue weighted by Crippen LogP contribution is -2.31. The Kier molecular flexibility index (Phi) is 5.81. The average molecular weight is 365 g/mol. The third-order valence-corrected chi connectivity index (χ3v) is 4.76. The van der Waals surface area contributed by atoms with E-state index < -0.39 is 4.92 Å². The molecule has 0 aliphatic carbocycles. The first-order chi connectivity index (χ1) is 11.5. The Balaban J connectivity index is 0.00000225. The van der Waals surface area contributed by atoms with Gasteiger partial charge in [0.25, 0.3) is 5.91 Å². The summed E-state index contributed by atoms with van der Waals surface area (Å²) >= 11 is 0. The summed E-state index contributed by atoms with van der Waals surface area (Å²) in [6.45, 7) is 1.63. The minimum absolute atomic E-state index is 0. The van der Waals surface area contributed by atoms with Crippen LogP contribution in [0.3, 0.4) is 0 Å². The summed E-state index contributed by atoms with van der Waals surface area (Å²) in [5.41, 5.74) is 7.40. The summed E-state index contributed by atoms with van der Waals surface area (Å²) in [5.74, 6) is 0.0945. The van der Waals surface area contributed by atoms with E-state index in [0.717, 1.165) is 0 Å². The van der Waals surface area contributed by atoms with Crippen LogP contribution in [0.2, 0.25) is 0 Å². The molecule has 2 N–H and O–H groups in total. The number of nitro groups is 1. The van der Waals surface area contributed by atoms with Crippen molar-refractivity contribution in [2.24, 2.45) is 18.7 Å². The Hall–Kier alpha value is -2.38. The molecule has 1 aromatic carbocycles. The van der Waals surface area contributed by atoms with Crippen LogP contribution in [0.4, 0.5) is 5.82 Å². The summed E-state index contributed by atoms with van der Waals surface area (Å²) in [7, 11) is 1.54. The number of hydrogen-bond donors (Lipinski definition) is 1. The number of amides is 1. The summed E-state index contributed by atoms with van der Waals surface area (Å²) < 4.78 is 1.33. The van der Waals surface area contributed by atoms with E-state index in [1.54, 1.807) is 4.90 Å². The van der Waals surface area contributed by atoms with E-state index in [9.17, 15) is 14.9 Å². The van der Waals surface area contributed by atoms with E-state index in [2.05, 4.69) is 12.1 Å². The first-order valence-electron chi connectivity index (χ1n) is 7.87. The van der Waals surface area contributed by atoms with Crippen LogP contribution in [0.1, 0.15) is 22.0 Å². The number of benzene rings is 1. The van der Waals surface area contributed by atoms with Gasteiger partial charge in [-0.15, -0.1) is 12.4 Å². The van der Waals surface area contributed by atoms with Crippen LogP contribution in [-0.4, -0.2) is 39.9 Å². The molecule has 1 saturated heterocycles. The lowest BCUT2D eigenvalue weighted by molar-refractivity contribution is -0.391. The normalized spacial score (nSPS) is 19.5. The van der Waals surface area contributed by atoms with Crippen molar-refractivity contribution in [2.45, 2.75) is 5.92 Å². The Labute approximate surface area is 152 Å². The second-order valence-electron chi connectivity index (χ2n) is 6.12. The minimum Gasteiger partial charge on any atom is -0.358 e. The fraction of sp³-hybridized carbons (Fsp3) is 0.353. The van der Waals surface area contributed by atoms with Gasteiger partial charge in [-0.25, -0.2) is 4.57 Å². The van der Waals surface area contributed by atoms with Gasteiger partial charge in [0, 0.05) is 25.1 Å². The van der Waals surface area contributed by atoms with E-state index in [1.165, 1.54) is 29.3 Å². The van der Waals surface area contributed by atoms with Crippen molar-refractivity contribution in [3.63, 3.8) is 0 Å². The van der Waals surface area contributed by atoms with Crippen LogP contribution in [0, 0.1) is 16.0 Å². The van der Waals surface area contributed by atoms with Gasteiger partial charge in [0.1, 0.15) is 0 Å². The molecule has 0 bridgehead atoms. The number of aromatic nitrogens is 1. The Bertz CT molecular complexity index is 763. The third kappa shape index (κ3) is 3.52. The number of likely N-dealkylation sites (tertiary alicyclic amines) is 1. The zero-order valence-corrected chi connectivity index (χ0v) is 14.7. The number of hydrogen-bond acceptors (Lipinski definition) is 4. The van der Waals surface area contributed by atoms with Crippen LogP contribution in [0.15, 0.2) is 42.5 Å². The van der Waals surface area contributed by atoms with Crippen LogP contribution < -0.4 is 5.73 Å². The molecule has 7 nitrogen and oxygen atoms in total. The molecule has 0 saturated carbocycles. The first-order valence-corrected chi connectivity index (χ1v) is 7.87. The Morgan fingerprint density at radius 3 is 2.48 bits per heavy atom. The molecule has 1 amide bonds. The fourth-order valence-electron chi connectivity index (χ4n) is 3.41. The molecule has 1 aromatic heterocycles. The van der Waals surface area contributed by atoms with Crippen LogP contribution in [0.5, 0.6) is 0 Å². The summed E-state index contributed by atoms with van der Waals surface area (Å²) in [5, 5.41) is 11.0. The van der Waals surface area contributed by atoms with Gasteiger partial charge < -0.3 is 20.7 Å². The molecule has 2 atom stereocenters. The second kappa shape index (κ2) is 7.67. The highest BCUT2D eigenvalue weighted by atomic mass is 35.5. The lowest BCUT2D eigenvalue weighted by atomic mass is 9.89. The van der Waals surface area contributed by atoms with E-state index in [4.69, 9.17) is 5.73 Å². The van der Waals surface area contributed by atoms with Crippen molar-refractivity contribution >= 4 is 24.1 Å². The van der Waals surface area contributed by atoms with Crippen molar-refractivity contribution < 1.29 is 9.72 Å². The van der Waals surface area contributed by atoms with Crippen molar-refractivity contribution in [3.05, 3.63) is 63.8 Å². The average Bonchev–Trinajstić information content (AvgIpc) is 3.18. The van der Waals surface area contributed by atoms with Gasteiger partial charge in [-0.3, -0.25) is 4.79 Å². The maximum Gasteiger partial charge on any atom is 0.323 e. The molecule has 0 unspecified atom stereocenters. The van der Waals surface area contributed by atoms with Crippen LogP contribution in [-0.2, 0) is 7.05 Å². The standard InChI is InChI=1S/C17H20N4O3.ClH/c1-19-15(7-8-16(19)21(23)24)17(22)20-10-13(9-18)14(11-20)12-5-3-2-4-6-12;/h2-8,13-14H,9-11,18H2,1H3;1H/t13-,14+;/m1./s1. The monoisotopic (exact) mass is 364 g/mol. The van der Waals surface area contributed by atoms with Gasteiger partial charge in [-0.2, -0.15) is 0 Å². The smallest absolute Gasteiger partial charge is 0.323 e. The molecule has 25 heavy (non-hydrogen) atoms.